The van der Waals surface area contributed by atoms with Gasteiger partial charge in [0.1, 0.15) is 6.04 Å². The van der Waals surface area contributed by atoms with E-state index in [-0.39, 0.29) is 0 Å². The smallest absolute Gasteiger partial charge is 0.326 e. The van der Waals surface area contributed by atoms with Gasteiger partial charge in [0, 0.05) is 6.08 Å². The maximum Gasteiger partial charge on any atom is 0.326 e. The first kappa shape index (κ1) is 13.2. The number of hydrogen-bond acceptors (Lipinski definition) is 3. The van der Waals surface area contributed by atoms with Crippen LogP contribution in [0.2, 0.25) is 0 Å². The summed E-state index contributed by atoms with van der Waals surface area (Å²) in [6.45, 7) is 3.35. The molecule has 0 aliphatic carbocycles. The SMILES string of the molecule is CC(C)=CC(=O)N[C@@H](CC(=O)O)C(=O)O. The highest BCUT2D eigenvalue weighted by molar-refractivity contribution is 5.92. The van der Waals surface area contributed by atoms with Crippen LogP contribution in [-0.4, -0.2) is 34.1 Å². The molecule has 15 heavy (non-hydrogen) atoms. The van der Waals surface area contributed by atoms with Crippen LogP contribution in [0.15, 0.2) is 11.6 Å². The zero-order valence-corrected chi connectivity index (χ0v) is 8.48. The molecular formula is C9H13NO5. The van der Waals surface area contributed by atoms with Gasteiger partial charge in [-0.3, -0.25) is 9.59 Å². The first-order valence-electron chi connectivity index (χ1n) is 4.23. The van der Waals surface area contributed by atoms with E-state index in [0.717, 1.165) is 0 Å². The van der Waals surface area contributed by atoms with Crippen molar-refractivity contribution in [3.8, 4) is 0 Å². The van der Waals surface area contributed by atoms with E-state index in [2.05, 4.69) is 5.32 Å². The van der Waals surface area contributed by atoms with Crippen LogP contribution in [0.4, 0.5) is 0 Å². The van der Waals surface area contributed by atoms with Gasteiger partial charge in [-0.25, -0.2) is 4.79 Å². The lowest BCUT2D eigenvalue weighted by Gasteiger charge is -2.10. The highest BCUT2D eigenvalue weighted by Gasteiger charge is 2.21. The zero-order valence-electron chi connectivity index (χ0n) is 8.48. The molecule has 0 spiro atoms. The number of aliphatic carboxylic acids is 2. The average molecular weight is 215 g/mol. The minimum absolute atomic E-state index is 0.608. The number of amides is 1. The second-order valence-electron chi connectivity index (χ2n) is 3.22. The van der Waals surface area contributed by atoms with Crippen molar-refractivity contribution in [2.75, 3.05) is 0 Å². The largest absolute Gasteiger partial charge is 0.481 e. The first-order valence-corrected chi connectivity index (χ1v) is 4.23. The van der Waals surface area contributed by atoms with Crippen LogP contribution < -0.4 is 5.32 Å². The van der Waals surface area contributed by atoms with E-state index in [0.29, 0.717) is 5.57 Å². The van der Waals surface area contributed by atoms with E-state index in [1.807, 2.05) is 0 Å². The Morgan fingerprint density at radius 3 is 2.13 bits per heavy atom. The molecule has 6 nitrogen and oxygen atoms in total. The molecule has 0 unspecified atom stereocenters. The van der Waals surface area contributed by atoms with Gasteiger partial charge in [0.05, 0.1) is 6.42 Å². The predicted octanol–water partition coefficient (Wildman–Crippen LogP) is -0.00330. The van der Waals surface area contributed by atoms with Crippen LogP contribution in [0, 0.1) is 0 Å². The molecule has 0 fully saturated rings. The molecule has 0 saturated carbocycles. The minimum atomic E-state index is -1.40. The summed E-state index contributed by atoms with van der Waals surface area (Å²) in [4.78, 5) is 32.0. The van der Waals surface area contributed by atoms with E-state index in [4.69, 9.17) is 10.2 Å². The lowest BCUT2D eigenvalue weighted by atomic mass is 10.2. The van der Waals surface area contributed by atoms with Gasteiger partial charge < -0.3 is 15.5 Å². The maximum absolute atomic E-state index is 11.1. The Morgan fingerprint density at radius 2 is 1.80 bits per heavy atom. The summed E-state index contributed by atoms with van der Waals surface area (Å²) in [5.74, 6) is -3.25. The van der Waals surface area contributed by atoms with E-state index in [9.17, 15) is 14.4 Å². The molecule has 0 saturated heterocycles. The van der Waals surface area contributed by atoms with Gasteiger partial charge in [-0.1, -0.05) is 5.57 Å². The Kier molecular flexibility index (Phi) is 5.08. The highest BCUT2D eigenvalue weighted by Crippen LogP contribution is 1.95. The van der Waals surface area contributed by atoms with Gasteiger partial charge in [0.25, 0.3) is 0 Å². The van der Waals surface area contributed by atoms with Gasteiger partial charge in [0.2, 0.25) is 5.91 Å². The third-order valence-electron chi connectivity index (χ3n) is 1.41. The molecule has 3 N–H and O–H groups in total. The van der Waals surface area contributed by atoms with Gasteiger partial charge in [-0.05, 0) is 13.8 Å². The summed E-state index contributed by atoms with van der Waals surface area (Å²) in [6.07, 6.45) is 0.565. The Morgan fingerprint density at radius 1 is 1.27 bits per heavy atom. The lowest BCUT2D eigenvalue weighted by molar-refractivity contribution is -0.146. The Labute approximate surface area is 86.6 Å². The molecule has 0 radical (unpaired) electrons. The van der Waals surface area contributed by atoms with Crippen LogP contribution in [0.1, 0.15) is 20.3 Å². The third kappa shape index (κ3) is 6.25. The summed E-state index contributed by atoms with van der Waals surface area (Å²) in [5, 5.41) is 19.1. The van der Waals surface area contributed by atoms with Crippen LogP contribution in [-0.2, 0) is 14.4 Å². The first-order chi connectivity index (χ1) is 6.82. The predicted molar refractivity (Wildman–Crippen MR) is 51.3 cm³/mol. The molecule has 0 rings (SSSR count). The molecule has 1 amide bonds. The van der Waals surface area contributed by atoms with Crippen molar-refractivity contribution in [1.29, 1.82) is 0 Å². The van der Waals surface area contributed by atoms with Gasteiger partial charge in [-0.2, -0.15) is 0 Å². The van der Waals surface area contributed by atoms with Crippen LogP contribution in [0.5, 0.6) is 0 Å². The van der Waals surface area contributed by atoms with E-state index in [1.165, 1.54) is 6.08 Å². The average Bonchev–Trinajstić information content (AvgIpc) is 1.99. The van der Waals surface area contributed by atoms with E-state index in [1.54, 1.807) is 13.8 Å². The van der Waals surface area contributed by atoms with Crippen molar-refractivity contribution >= 4 is 17.8 Å². The summed E-state index contributed by atoms with van der Waals surface area (Å²) < 4.78 is 0. The zero-order chi connectivity index (χ0) is 12.0. The molecule has 0 aliphatic heterocycles. The molecule has 0 bridgehead atoms. The quantitative estimate of drug-likeness (QED) is 0.560. The number of hydrogen-bond donors (Lipinski definition) is 3. The van der Waals surface area contributed by atoms with E-state index < -0.39 is 30.3 Å². The number of nitrogens with one attached hydrogen (secondary N) is 1. The number of carboxylic acid groups (broad SMARTS) is 2. The number of carbonyl (C=O) groups is 3. The lowest BCUT2D eigenvalue weighted by Crippen LogP contribution is -2.41. The molecular weight excluding hydrogens is 202 g/mol. The number of rotatable bonds is 5. The Bertz CT molecular complexity index is 304. The van der Waals surface area contributed by atoms with Gasteiger partial charge in [-0.15, -0.1) is 0 Å². The van der Waals surface area contributed by atoms with Crippen molar-refractivity contribution < 1.29 is 24.6 Å². The summed E-state index contributed by atoms with van der Waals surface area (Å²) in [5.41, 5.74) is 0.701. The van der Waals surface area contributed by atoms with Crippen molar-refractivity contribution in [3.63, 3.8) is 0 Å². The number of carbonyl (C=O) groups excluding carboxylic acids is 1. The molecule has 1 atom stereocenters. The fraction of sp³-hybridized carbons (Fsp3) is 0.444. The van der Waals surface area contributed by atoms with Gasteiger partial charge in [0.15, 0.2) is 0 Å². The molecule has 0 aliphatic rings. The second-order valence-corrected chi connectivity index (χ2v) is 3.22. The normalized spacial score (nSPS) is 11.3. The second kappa shape index (κ2) is 5.79. The number of carboxylic acids is 2. The van der Waals surface area contributed by atoms with Crippen molar-refractivity contribution in [2.45, 2.75) is 26.3 Å². The Balaban J connectivity index is 4.42. The van der Waals surface area contributed by atoms with E-state index >= 15 is 0 Å². The van der Waals surface area contributed by atoms with Crippen LogP contribution in [0.25, 0.3) is 0 Å². The molecule has 0 heterocycles. The molecule has 0 aromatic carbocycles. The van der Waals surface area contributed by atoms with Gasteiger partial charge >= 0.3 is 11.9 Å². The van der Waals surface area contributed by atoms with Crippen molar-refractivity contribution in [2.24, 2.45) is 0 Å². The summed E-state index contributed by atoms with van der Waals surface area (Å²) >= 11 is 0. The summed E-state index contributed by atoms with van der Waals surface area (Å²) in [7, 11) is 0. The minimum Gasteiger partial charge on any atom is -0.481 e. The highest BCUT2D eigenvalue weighted by atomic mass is 16.4. The molecule has 84 valence electrons. The van der Waals surface area contributed by atoms with Crippen LogP contribution in [0.3, 0.4) is 0 Å². The van der Waals surface area contributed by atoms with Crippen molar-refractivity contribution in [1.82, 2.24) is 5.32 Å². The van der Waals surface area contributed by atoms with Crippen LogP contribution >= 0.6 is 0 Å². The summed E-state index contributed by atoms with van der Waals surface area (Å²) in [6, 6.07) is -1.40. The van der Waals surface area contributed by atoms with Crippen molar-refractivity contribution in [3.05, 3.63) is 11.6 Å². The molecule has 6 heteroatoms. The third-order valence-corrected chi connectivity index (χ3v) is 1.41. The number of allylic oxidation sites excluding steroid dienone is 1. The fourth-order valence-corrected chi connectivity index (χ4v) is 0.850. The monoisotopic (exact) mass is 215 g/mol. The Hall–Kier alpha value is -1.85. The fourth-order valence-electron chi connectivity index (χ4n) is 0.850. The molecule has 0 aromatic heterocycles. The standard InChI is InChI=1S/C9H13NO5/c1-5(2)3-7(11)10-6(9(14)15)4-8(12)13/h3,6H,4H2,1-2H3,(H,10,11)(H,12,13)(H,14,15)/t6-/m0/s1. The molecule has 0 aromatic rings. The topological polar surface area (TPSA) is 104 Å². The maximum atomic E-state index is 11.1.